The largest absolute Gasteiger partial charge is 0.368 e. The van der Waals surface area contributed by atoms with Gasteiger partial charge in [-0.1, -0.05) is 13.8 Å². The van der Waals surface area contributed by atoms with Crippen molar-refractivity contribution in [3.63, 3.8) is 0 Å². The van der Waals surface area contributed by atoms with Gasteiger partial charge in [0.2, 0.25) is 0 Å². The molecule has 1 aliphatic rings. The number of nitrogens with one attached hydrogen (secondary N) is 1. The predicted molar refractivity (Wildman–Crippen MR) is 84.4 cm³/mol. The van der Waals surface area contributed by atoms with Crippen molar-refractivity contribution in [2.45, 2.75) is 53.0 Å². The minimum absolute atomic E-state index is 0.0274. The van der Waals surface area contributed by atoms with Crippen LogP contribution in [-0.2, 0) is 0 Å². The van der Waals surface area contributed by atoms with Gasteiger partial charge in [-0.3, -0.25) is 4.79 Å². The molecular formula is C16H26N4O. The fourth-order valence-corrected chi connectivity index (χ4v) is 2.48. The van der Waals surface area contributed by atoms with Crippen molar-refractivity contribution < 1.29 is 4.79 Å². The summed E-state index contributed by atoms with van der Waals surface area (Å²) in [6, 6.07) is 2.11. The van der Waals surface area contributed by atoms with Gasteiger partial charge in [0.15, 0.2) is 0 Å². The second-order valence-electron chi connectivity index (χ2n) is 6.11. The van der Waals surface area contributed by atoms with E-state index in [0.717, 1.165) is 38.2 Å². The van der Waals surface area contributed by atoms with E-state index in [4.69, 9.17) is 0 Å². The summed E-state index contributed by atoms with van der Waals surface area (Å²) in [4.78, 5) is 23.2. The molecule has 2 heterocycles. The number of nitrogens with zero attached hydrogens (tertiary/aromatic N) is 3. The summed E-state index contributed by atoms with van der Waals surface area (Å²) in [6.45, 7) is 9.95. The van der Waals surface area contributed by atoms with Crippen LogP contribution in [0.25, 0.3) is 0 Å². The number of anilines is 1. The van der Waals surface area contributed by atoms with Crippen LogP contribution in [0.3, 0.4) is 0 Å². The number of aromatic nitrogens is 2. The van der Waals surface area contributed by atoms with Gasteiger partial charge in [0.25, 0.3) is 5.91 Å². The maximum absolute atomic E-state index is 12.6. The van der Waals surface area contributed by atoms with Gasteiger partial charge in [-0.05, 0) is 39.0 Å². The molecule has 0 aliphatic carbocycles. The van der Waals surface area contributed by atoms with Gasteiger partial charge in [0, 0.05) is 25.2 Å². The van der Waals surface area contributed by atoms with Crippen LogP contribution in [0.4, 0.5) is 5.82 Å². The third-order valence-electron chi connectivity index (χ3n) is 4.13. The molecule has 5 nitrogen and oxygen atoms in total. The van der Waals surface area contributed by atoms with Gasteiger partial charge in [0.1, 0.15) is 17.3 Å². The molecule has 0 saturated carbocycles. The van der Waals surface area contributed by atoms with Crippen molar-refractivity contribution in [2.24, 2.45) is 5.92 Å². The smallest absolute Gasteiger partial charge is 0.272 e. The molecule has 1 aromatic heterocycles. The molecule has 21 heavy (non-hydrogen) atoms. The van der Waals surface area contributed by atoms with E-state index in [-0.39, 0.29) is 5.91 Å². The molecule has 1 unspecified atom stereocenters. The van der Waals surface area contributed by atoms with Crippen molar-refractivity contribution >= 4 is 11.7 Å². The first-order valence-corrected chi connectivity index (χ1v) is 7.91. The standard InChI is InChI=1S/C16H26N4O/c1-5-12(3)17-15-10-14(18-13(4)19-15)16(21)20-8-6-11(2)7-9-20/h10-12H,5-9H2,1-4H3,(H,17,18,19). The van der Waals surface area contributed by atoms with Crippen LogP contribution in [0.15, 0.2) is 6.07 Å². The maximum atomic E-state index is 12.6. The number of piperidine rings is 1. The molecule has 1 saturated heterocycles. The predicted octanol–water partition coefficient (Wildman–Crippen LogP) is 2.87. The molecule has 0 aromatic carbocycles. The second-order valence-corrected chi connectivity index (χ2v) is 6.11. The number of amides is 1. The minimum atomic E-state index is 0.0274. The van der Waals surface area contributed by atoms with E-state index in [2.05, 4.69) is 36.1 Å². The van der Waals surface area contributed by atoms with Crippen LogP contribution in [-0.4, -0.2) is 39.9 Å². The average molecular weight is 290 g/mol. The van der Waals surface area contributed by atoms with Gasteiger partial charge in [0.05, 0.1) is 0 Å². The van der Waals surface area contributed by atoms with Gasteiger partial charge in [-0.15, -0.1) is 0 Å². The summed E-state index contributed by atoms with van der Waals surface area (Å²) in [6.07, 6.45) is 3.16. The van der Waals surface area contributed by atoms with Crippen LogP contribution >= 0.6 is 0 Å². The lowest BCUT2D eigenvalue weighted by Crippen LogP contribution is -2.38. The minimum Gasteiger partial charge on any atom is -0.368 e. The third kappa shape index (κ3) is 4.16. The first-order valence-electron chi connectivity index (χ1n) is 7.91. The Labute approximate surface area is 127 Å². The van der Waals surface area contributed by atoms with Crippen LogP contribution in [0.1, 0.15) is 56.3 Å². The Kier molecular flexibility index (Phi) is 5.15. The van der Waals surface area contributed by atoms with E-state index in [1.54, 1.807) is 6.07 Å². The molecule has 0 bridgehead atoms. The highest BCUT2D eigenvalue weighted by Crippen LogP contribution is 2.18. The Morgan fingerprint density at radius 1 is 1.43 bits per heavy atom. The topological polar surface area (TPSA) is 58.1 Å². The first-order chi connectivity index (χ1) is 9.99. The van der Waals surface area contributed by atoms with E-state index in [1.165, 1.54) is 0 Å². The number of carbonyl (C=O) groups excluding carboxylic acids is 1. The average Bonchev–Trinajstić information content (AvgIpc) is 2.46. The van der Waals surface area contributed by atoms with Crippen LogP contribution < -0.4 is 5.32 Å². The zero-order chi connectivity index (χ0) is 15.4. The molecule has 1 aliphatic heterocycles. The van der Waals surface area contributed by atoms with Gasteiger partial charge in [-0.25, -0.2) is 9.97 Å². The highest BCUT2D eigenvalue weighted by atomic mass is 16.2. The molecule has 5 heteroatoms. The second kappa shape index (κ2) is 6.87. The Bertz CT molecular complexity index is 495. The van der Waals surface area contributed by atoms with Crippen molar-refractivity contribution in [3.05, 3.63) is 17.6 Å². The summed E-state index contributed by atoms with van der Waals surface area (Å²) in [5, 5.41) is 3.32. The number of hydrogen-bond donors (Lipinski definition) is 1. The highest BCUT2D eigenvalue weighted by molar-refractivity contribution is 5.93. The van der Waals surface area contributed by atoms with E-state index in [9.17, 15) is 4.79 Å². The lowest BCUT2D eigenvalue weighted by Gasteiger charge is -2.30. The SMILES string of the molecule is CCC(C)Nc1cc(C(=O)N2CCC(C)CC2)nc(C)n1. The quantitative estimate of drug-likeness (QED) is 0.926. The normalized spacial score (nSPS) is 17.6. The zero-order valence-electron chi connectivity index (χ0n) is 13.5. The molecule has 0 radical (unpaired) electrons. The van der Waals surface area contributed by atoms with Crippen LogP contribution in [0, 0.1) is 12.8 Å². The van der Waals surface area contributed by atoms with Crippen LogP contribution in [0.2, 0.25) is 0 Å². The van der Waals surface area contributed by atoms with Crippen molar-refractivity contribution in [1.82, 2.24) is 14.9 Å². The summed E-state index contributed by atoms with van der Waals surface area (Å²) in [5.41, 5.74) is 0.503. The van der Waals surface area contributed by atoms with Crippen LogP contribution in [0.5, 0.6) is 0 Å². The summed E-state index contributed by atoms with van der Waals surface area (Å²) < 4.78 is 0. The fourth-order valence-electron chi connectivity index (χ4n) is 2.48. The van der Waals surface area contributed by atoms with E-state index >= 15 is 0 Å². The summed E-state index contributed by atoms with van der Waals surface area (Å²) in [7, 11) is 0. The molecule has 1 N–H and O–H groups in total. The van der Waals surface area contributed by atoms with Crippen molar-refractivity contribution in [2.75, 3.05) is 18.4 Å². The molecule has 116 valence electrons. The van der Waals surface area contributed by atoms with Gasteiger partial charge >= 0.3 is 0 Å². The number of rotatable bonds is 4. The lowest BCUT2D eigenvalue weighted by molar-refractivity contribution is 0.0691. The lowest BCUT2D eigenvalue weighted by atomic mass is 9.99. The molecule has 2 rings (SSSR count). The third-order valence-corrected chi connectivity index (χ3v) is 4.13. The summed E-state index contributed by atoms with van der Waals surface area (Å²) in [5.74, 6) is 2.12. The first kappa shape index (κ1) is 15.7. The Balaban J connectivity index is 2.13. The van der Waals surface area contributed by atoms with Gasteiger partial charge in [-0.2, -0.15) is 0 Å². The highest BCUT2D eigenvalue weighted by Gasteiger charge is 2.23. The van der Waals surface area contributed by atoms with Crippen molar-refractivity contribution in [3.8, 4) is 0 Å². The number of carbonyl (C=O) groups is 1. The summed E-state index contributed by atoms with van der Waals surface area (Å²) >= 11 is 0. The molecule has 1 amide bonds. The molecule has 0 spiro atoms. The van der Waals surface area contributed by atoms with Crippen molar-refractivity contribution in [1.29, 1.82) is 0 Å². The monoisotopic (exact) mass is 290 g/mol. The Morgan fingerprint density at radius 2 is 2.10 bits per heavy atom. The Morgan fingerprint density at radius 3 is 2.71 bits per heavy atom. The fraction of sp³-hybridized carbons (Fsp3) is 0.688. The van der Waals surface area contributed by atoms with E-state index in [1.807, 2.05) is 11.8 Å². The van der Waals surface area contributed by atoms with Gasteiger partial charge < -0.3 is 10.2 Å². The zero-order valence-corrected chi connectivity index (χ0v) is 13.5. The Hall–Kier alpha value is -1.65. The number of aryl methyl sites for hydroxylation is 1. The molecular weight excluding hydrogens is 264 g/mol. The number of hydrogen-bond acceptors (Lipinski definition) is 4. The maximum Gasteiger partial charge on any atom is 0.272 e. The molecule has 1 fully saturated rings. The van der Waals surface area contributed by atoms with E-state index < -0.39 is 0 Å². The van der Waals surface area contributed by atoms with E-state index in [0.29, 0.717) is 23.5 Å². The number of likely N-dealkylation sites (tertiary alicyclic amines) is 1. The molecule has 1 aromatic rings. The molecule has 1 atom stereocenters.